The SMILES string of the molecule is COc1ccc(S(=O)O[N-]S(=O)Oc2ccc(OCC(F)(F)C(F)(F)CF)cc2)cc1. The van der Waals surface area contributed by atoms with Gasteiger partial charge >= 0.3 is 11.8 Å². The van der Waals surface area contributed by atoms with Crippen LogP contribution in [-0.4, -0.2) is 40.7 Å². The van der Waals surface area contributed by atoms with Crippen molar-refractivity contribution in [3.05, 3.63) is 53.4 Å². The molecule has 2 aromatic carbocycles. The highest BCUT2D eigenvalue weighted by molar-refractivity contribution is 7.85. The standard InChI is InChI=1S/C17H15F5NO6S2/c1-26-12-6-8-15(9-7-12)30(24)29-23-31(25)28-14-4-2-13(3-5-14)27-11-17(21,22)16(19,20)10-18/h2-9H,10-11H2,1H3/q-1. The maximum absolute atomic E-state index is 13.2. The minimum Gasteiger partial charge on any atom is -0.497 e. The largest absolute Gasteiger partial charge is 0.497 e. The van der Waals surface area contributed by atoms with Gasteiger partial charge in [-0.25, -0.2) is 12.8 Å². The Morgan fingerprint density at radius 3 is 1.97 bits per heavy atom. The second-order valence-corrected chi connectivity index (χ2v) is 7.50. The Morgan fingerprint density at radius 2 is 1.42 bits per heavy atom. The summed E-state index contributed by atoms with van der Waals surface area (Å²) >= 11 is -4.50. The van der Waals surface area contributed by atoms with Gasteiger partial charge in [0.1, 0.15) is 28.5 Å². The molecule has 0 heterocycles. The van der Waals surface area contributed by atoms with Gasteiger partial charge in [0.25, 0.3) is 0 Å². The number of hydrogen-bond donors (Lipinski definition) is 0. The fraction of sp³-hybridized carbons (Fsp3) is 0.294. The third kappa shape index (κ3) is 7.12. The van der Waals surface area contributed by atoms with Crippen molar-refractivity contribution in [2.24, 2.45) is 0 Å². The van der Waals surface area contributed by atoms with Gasteiger partial charge in [-0.05, 0) is 48.5 Å². The quantitative estimate of drug-likeness (QED) is 0.327. The van der Waals surface area contributed by atoms with Gasteiger partial charge in [-0.2, -0.15) is 17.6 Å². The van der Waals surface area contributed by atoms with Crippen molar-refractivity contribution in [2.75, 3.05) is 20.4 Å². The highest BCUT2D eigenvalue weighted by atomic mass is 32.2. The molecule has 14 heteroatoms. The lowest BCUT2D eigenvalue weighted by Gasteiger charge is -2.24. The van der Waals surface area contributed by atoms with E-state index in [0.717, 1.165) is 24.3 Å². The van der Waals surface area contributed by atoms with Crippen molar-refractivity contribution in [1.29, 1.82) is 0 Å². The van der Waals surface area contributed by atoms with Gasteiger partial charge in [0, 0.05) is 0 Å². The predicted octanol–water partition coefficient (Wildman–Crippen LogP) is 4.30. The van der Waals surface area contributed by atoms with E-state index in [1.807, 2.05) is 0 Å². The second-order valence-electron chi connectivity index (χ2n) is 5.66. The maximum Gasteiger partial charge on any atom is 0.345 e. The molecule has 0 aromatic heterocycles. The lowest BCUT2D eigenvalue weighted by atomic mass is 10.2. The van der Waals surface area contributed by atoms with E-state index in [1.165, 1.54) is 31.4 Å². The van der Waals surface area contributed by atoms with Crippen LogP contribution in [0.5, 0.6) is 17.2 Å². The third-order valence-corrected chi connectivity index (χ3v) is 5.02. The van der Waals surface area contributed by atoms with Crippen molar-refractivity contribution >= 4 is 22.3 Å². The Hall–Kier alpha value is -2.29. The average molecular weight is 488 g/mol. The smallest absolute Gasteiger partial charge is 0.345 e. The summed E-state index contributed by atoms with van der Waals surface area (Å²) in [6, 6.07) is 10.3. The van der Waals surface area contributed by atoms with Crippen LogP contribution in [0.2, 0.25) is 0 Å². The molecule has 0 radical (unpaired) electrons. The topological polar surface area (TPSA) is 85.2 Å². The number of ether oxygens (including phenoxy) is 2. The average Bonchev–Trinajstić information content (AvgIpc) is 2.77. The van der Waals surface area contributed by atoms with Crippen molar-refractivity contribution in [3.8, 4) is 17.2 Å². The Bertz CT molecular complexity index is 899. The Kier molecular flexibility index (Phi) is 8.73. The molecule has 0 aliphatic heterocycles. The number of alkyl halides is 5. The molecule has 2 rings (SSSR count). The molecule has 2 atom stereocenters. The molecule has 0 aliphatic rings. The molecule has 0 fully saturated rings. The van der Waals surface area contributed by atoms with E-state index in [4.69, 9.17) is 8.92 Å². The predicted molar refractivity (Wildman–Crippen MR) is 100 cm³/mol. The molecule has 0 aliphatic carbocycles. The number of halogens is 5. The Morgan fingerprint density at radius 1 is 0.871 bits per heavy atom. The third-order valence-electron chi connectivity index (χ3n) is 3.53. The molecule has 31 heavy (non-hydrogen) atoms. The van der Waals surface area contributed by atoms with E-state index in [1.54, 1.807) is 0 Å². The monoisotopic (exact) mass is 488 g/mol. The van der Waals surface area contributed by atoms with Crippen LogP contribution in [0.3, 0.4) is 0 Å². The van der Waals surface area contributed by atoms with Crippen LogP contribution in [-0.2, 0) is 26.6 Å². The molecule has 7 nitrogen and oxygen atoms in total. The number of nitrogens with zero attached hydrogens (tertiary/aromatic N) is 1. The molecule has 2 unspecified atom stereocenters. The van der Waals surface area contributed by atoms with Gasteiger partial charge in [0.05, 0.1) is 12.0 Å². The fourth-order valence-electron chi connectivity index (χ4n) is 1.85. The van der Waals surface area contributed by atoms with Gasteiger partial charge in [0.15, 0.2) is 24.4 Å². The zero-order valence-electron chi connectivity index (χ0n) is 15.6. The molecule has 2 aromatic rings. The summed E-state index contributed by atoms with van der Waals surface area (Å²) in [5.41, 5.74) is 0. The number of benzene rings is 2. The van der Waals surface area contributed by atoms with Crippen LogP contribution >= 0.6 is 0 Å². The lowest BCUT2D eigenvalue weighted by Crippen LogP contribution is -2.46. The van der Waals surface area contributed by atoms with E-state index in [0.29, 0.717) is 5.75 Å². The molecule has 0 amide bonds. The maximum atomic E-state index is 13.2. The fourth-order valence-corrected chi connectivity index (χ4v) is 3.02. The summed E-state index contributed by atoms with van der Waals surface area (Å²) in [5.74, 6) is -9.37. The van der Waals surface area contributed by atoms with E-state index in [9.17, 15) is 30.4 Å². The van der Waals surface area contributed by atoms with Gasteiger partial charge in [-0.1, -0.05) is 0 Å². The molecule has 0 saturated heterocycles. The molecular formula is C17H15F5NO6S2-. The molecule has 0 spiro atoms. The summed E-state index contributed by atoms with van der Waals surface area (Å²) in [6.07, 6.45) is 0. The molecule has 0 bridgehead atoms. The van der Waals surface area contributed by atoms with Crippen LogP contribution in [0.15, 0.2) is 53.4 Å². The highest BCUT2D eigenvalue weighted by Gasteiger charge is 2.57. The van der Waals surface area contributed by atoms with Crippen molar-refractivity contribution in [2.45, 2.75) is 16.7 Å². The highest BCUT2D eigenvalue weighted by Crippen LogP contribution is 2.35. The van der Waals surface area contributed by atoms with Gasteiger partial charge < -0.3 is 22.8 Å². The Labute approximate surface area is 178 Å². The van der Waals surface area contributed by atoms with E-state index < -0.39 is 47.5 Å². The zero-order valence-corrected chi connectivity index (χ0v) is 17.3. The van der Waals surface area contributed by atoms with Crippen molar-refractivity contribution in [1.82, 2.24) is 0 Å². The summed E-state index contributed by atoms with van der Waals surface area (Å²) < 4.78 is 107. The summed E-state index contributed by atoms with van der Waals surface area (Å²) in [7, 11) is 1.46. The minimum atomic E-state index is -4.86. The van der Waals surface area contributed by atoms with Crippen LogP contribution in [0, 0.1) is 0 Å². The minimum absolute atomic E-state index is 0.0749. The summed E-state index contributed by atoms with van der Waals surface area (Å²) in [6.45, 7) is -4.28. The van der Waals surface area contributed by atoms with Gasteiger partial charge in [0.2, 0.25) is 0 Å². The van der Waals surface area contributed by atoms with Crippen molar-refractivity contribution in [3.63, 3.8) is 0 Å². The normalized spacial score (nSPS) is 14.0. The van der Waals surface area contributed by atoms with E-state index in [-0.39, 0.29) is 16.4 Å². The number of hydrogen-bond acceptors (Lipinski definition) is 6. The first-order valence-electron chi connectivity index (χ1n) is 8.17. The molecular weight excluding hydrogens is 473 g/mol. The number of methoxy groups -OCH3 is 1. The Balaban J connectivity index is 1.82. The lowest BCUT2D eigenvalue weighted by molar-refractivity contribution is -0.227. The van der Waals surface area contributed by atoms with Crippen LogP contribution in [0.25, 0.3) is 4.89 Å². The van der Waals surface area contributed by atoms with Gasteiger partial charge in [-0.3, -0.25) is 0 Å². The van der Waals surface area contributed by atoms with E-state index in [2.05, 4.69) is 13.9 Å². The molecule has 0 N–H and O–H groups in total. The number of rotatable bonds is 12. The van der Waals surface area contributed by atoms with Crippen molar-refractivity contribution < 1.29 is 48.3 Å². The molecule has 0 saturated carbocycles. The first-order valence-corrected chi connectivity index (χ1v) is 10.3. The van der Waals surface area contributed by atoms with Crippen LogP contribution in [0.4, 0.5) is 22.0 Å². The van der Waals surface area contributed by atoms with Gasteiger partial charge in [-0.15, -0.1) is 0 Å². The first kappa shape index (κ1) is 25.0. The van der Waals surface area contributed by atoms with Crippen LogP contribution in [0.1, 0.15) is 0 Å². The molecule has 172 valence electrons. The van der Waals surface area contributed by atoms with Crippen LogP contribution < -0.4 is 13.7 Å². The summed E-state index contributed by atoms with van der Waals surface area (Å²) in [5, 5.41) is 0. The zero-order chi connectivity index (χ0) is 23.1. The van der Waals surface area contributed by atoms with E-state index >= 15 is 0 Å². The second kappa shape index (κ2) is 10.8. The summed E-state index contributed by atoms with van der Waals surface area (Å²) in [4.78, 5) is 3.36. The first-order chi connectivity index (χ1) is 14.6.